The maximum absolute atomic E-state index is 12.9. The van der Waals surface area contributed by atoms with E-state index in [0.29, 0.717) is 32.1 Å². The van der Waals surface area contributed by atoms with Gasteiger partial charge in [0.05, 0.1) is 29.3 Å². The summed E-state index contributed by atoms with van der Waals surface area (Å²) in [5, 5.41) is 56.3. The Morgan fingerprint density at radius 2 is 1.58 bits per heavy atom. The zero-order valence-electron chi connectivity index (χ0n) is 23.2. The lowest BCUT2D eigenvalue weighted by Crippen LogP contribution is -2.70. The van der Waals surface area contributed by atoms with Gasteiger partial charge in [-0.15, -0.1) is 0 Å². The van der Waals surface area contributed by atoms with E-state index in [-0.39, 0.29) is 34.0 Å². The van der Waals surface area contributed by atoms with E-state index in [4.69, 9.17) is 0 Å². The standard InChI is InChI=1S/C30H48O6/c1-16-8-11-30(24(34)35)13-12-27(5)17(21(30)29(16,7)36)14-18(31)22-26(4)15-19(32)23(33)25(2,3)20(26)9-10-28(22,27)6/h14,16,18-23,31-33,36H,8-13,15H2,1-7H3,(H,34,35)/t16-,18-,19-,20-,21-,22+,23-,26+,27-,28-,29-,30+/m1/s1. The Morgan fingerprint density at radius 3 is 2.19 bits per heavy atom. The molecule has 0 aliphatic heterocycles. The second-order valence-corrected chi connectivity index (χ2v) is 15.0. The summed E-state index contributed by atoms with van der Waals surface area (Å²) in [5.74, 6) is -1.40. The van der Waals surface area contributed by atoms with E-state index in [9.17, 15) is 30.3 Å². The normalized spacial score (nSPS) is 58.0. The van der Waals surface area contributed by atoms with E-state index in [2.05, 4.69) is 20.8 Å². The molecule has 0 amide bonds. The fourth-order valence-electron chi connectivity index (χ4n) is 11.1. The Hall–Kier alpha value is -0.950. The summed E-state index contributed by atoms with van der Waals surface area (Å²) in [6.45, 7) is 14.7. The molecule has 5 aliphatic carbocycles. The van der Waals surface area contributed by atoms with Crippen LogP contribution < -0.4 is 0 Å². The number of rotatable bonds is 1. The fourth-order valence-corrected chi connectivity index (χ4v) is 11.1. The van der Waals surface area contributed by atoms with Crippen molar-refractivity contribution in [1.29, 1.82) is 0 Å². The van der Waals surface area contributed by atoms with Gasteiger partial charge < -0.3 is 25.5 Å². The van der Waals surface area contributed by atoms with Crippen molar-refractivity contribution >= 4 is 5.97 Å². The Kier molecular flexibility index (Phi) is 5.61. The highest BCUT2D eigenvalue weighted by Gasteiger charge is 2.73. The molecule has 4 saturated carbocycles. The minimum absolute atomic E-state index is 0.0371. The van der Waals surface area contributed by atoms with E-state index in [0.717, 1.165) is 18.4 Å². The third-order valence-electron chi connectivity index (χ3n) is 13.4. The first-order valence-electron chi connectivity index (χ1n) is 14.1. The molecule has 12 atom stereocenters. The molecule has 0 heterocycles. The predicted molar refractivity (Wildman–Crippen MR) is 137 cm³/mol. The van der Waals surface area contributed by atoms with Gasteiger partial charge in [-0.3, -0.25) is 4.79 Å². The summed E-state index contributed by atoms with van der Waals surface area (Å²) in [6, 6.07) is 0. The maximum Gasteiger partial charge on any atom is 0.310 e. The SMILES string of the molecule is C[C@@H]1CC[C@]2(C(=O)O)CC[C@]3(C)C(=C[C@@H](O)[C@H]4[C@@]5(C)C[C@@H](O)[C@@H](O)C(C)(C)[C@H]5CC[C@]43C)[C@@H]2[C@]1(C)O. The number of carboxylic acids is 1. The molecule has 6 nitrogen and oxygen atoms in total. The van der Waals surface area contributed by atoms with Gasteiger partial charge in [-0.2, -0.15) is 0 Å². The molecular formula is C30H48O6. The quantitative estimate of drug-likeness (QED) is 0.343. The number of carbonyl (C=O) groups is 1. The molecule has 5 rings (SSSR count). The monoisotopic (exact) mass is 504 g/mol. The van der Waals surface area contributed by atoms with Crippen LogP contribution in [0.25, 0.3) is 0 Å². The van der Waals surface area contributed by atoms with Crippen LogP contribution in [0.3, 0.4) is 0 Å². The highest BCUT2D eigenvalue weighted by molar-refractivity contribution is 5.77. The molecule has 0 bridgehead atoms. The van der Waals surface area contributed by atoms with Crippen molar-refractivity contribution in [3.8, 4) is 0 Å². The van der Waals surface area contributed by atoms with Crippen LogP contribution in [0.1, 0.15) is 93.4 Å². The molecule has 6 heteroatoms. The summed E-state index contributed by atoms with van der Waals surface area (Å²) in [6.07, 6.45) is 4.12. The number of aliphatic carboxylic acids is 1. The summed E-state index contributed by atoms with van der Waals surface area (Å²) in [4.78, 5) is 12.9. The van der Waals surface area contributed by atoms with Gasteiger partial charge in [0.15, 0.2) is 0 Å². The first-order chi connectivity index (χ1) is 16.4. The second kappa shape index (κ2) is 7.58. The molecule has 0 aromatic carbocycles. The lowest BCUT2D eigenvalue weighted by molar-refractivity contribution is -0.252. The van der Waals surface area contributed by atoms with Crippen molar-refractivity contribution < 1.29 is 30.3 Å². The third-order valence-corrected chi connectivity index (χ3v) is 13.4. The van der Waals surface area contributed by atoms with Crippen LogP contribution in [-0.4, -0.2) is 55.4 Å². The van der Waals surface area contributed by atoms with Crippen LogP contribution in [0.2, 0.25) is 0 Å². The molecule has 36 heavy (non-hydrogen) atoms. The summed E-state index contributed by atoms with van der Waals surface area (Å²) in [7, 11) is 0. The van der Waals surface area contributed by atoms with Crippen molar-refractivity contribution in [2.45, 2.75) is 117 Å². The lowest BCUT2D eigenvalue weighted by Gasteiger charge is -2.72. The molecular weight excluding hydrogens is 456 g/mol. The highest BCUT2D eigenvalue weighted by atomic mass is 16.4. The maximum atomic E-state index is 12.9. The molecule has 0 unspecified atom stereocenters. The number of aliphatic hydroxyl groups excluding tert-OH is 3. The van der Waals surface area contributed by atoms with Crippen LogP contribution in [0.5, 0.6) is 0 Å². The van der Waals surface area contributed by atoms with Crippen LogP contribution in [0.15, 0.2) is 11.6 Å². The molecule has 0 aromatic rings. The number of fused-ring (bicyclic) bond motifs is 7. The molecule has 5 N–H and O–H groups in total. The van der Waals surface area contributed by atoms with E-state index < -0.39 is 46.6 Å². The van der Waals surface area contributed by atoms with Crippen molar-refractivity contribution in [2.24, 2.45) is 50.7 Å². The van der Waals surface area contributed by atoms with Crippen LogP contribution in [0, 0.1) is 50.7 Å². The molecule has 0 spiro atoms. The van der Waals surface area contributed by atoms with Crippen molar-refractivity contribution in [3.63, 3.8) is 0 Å². The summed E-state index contributed by atoms with van der Waals surface area (Å²) < 4.78 is 0. The van der Waals surface area contributed by atoms with E-state index in [1.807, 2.05) is 33.8 Å². The average molecular weight is 505 g/mol. The lowest BCUT2D eigenvalue weighted by atomic mass is 9.32. The third kappa shape index (κ3) is 2.91. The van der Waals surface area contributed by atoms with E-state index >= 15 is 0 Å². The minimum Gasteiger partial charge on any atom is -0.481 e. The minimum atomic E-state index is -1.18. The molecule has 204 valence electrons. The number of hydrogen-bond acceptors (Lipinski definition) is 5. The first kappa shape index (κ1) is 26.6. The number of aliphatic hydroxyl groups is 4. The molecule has 0 radical (unpaired) electrons. The van der Waals surface area contributed by atoms with Crippen LogP contribution in [0.4, 0.5) is 0 Å². The predicted octanol–water partition coefficient (Wildman–Crippen LogP) is 4.15. The van der Waals surface area contributed by atoms with Gasteiger partial charge in [-0.1, -0.05) is 53.2 Å². The zero-order valence-corrected chi connectivity index (χ0v) is 23.2. The number of hydrogen-bond donors (Lipinski definition) is 5. The van der Waals surface area contributed by atoms with E-state index in [1.165, 1.54) is 0 Å². The fraction of sp³-hybridized carbons (Fsp3) is 0.900. The second-order valence-electron chi connectivity index (χ2n) is 15.0. The van der Waals surface area contributed by atoms with Gasteiger partial charge in [-0.25, -0.2) is 0 Å². The first-order valence-corrected chi connectivity index (χ1v) is 14.1. The Balaban J connectivity index is 1.69. The van der Waals surface area contributed by atoms with Crippen LogP contribution in [-0.2, 0) is 4.79 Å². The molecule has 5 aliphatic rings. The Labute approximate surface area is 216 Å². The zero-order chi connectivity index (χ0) is 26.9. The largest absolute Gasteiger partial charge is 0.481 e. The van der Waals surface area contributed by atoms with Crippen molar-refractivity contribution in [3.05, 3.63) is 11.6 Å². The summed E-state index contributed by atoms with van der Waals surface area (Å²) >= 11 is 0. The smallest absolute Gasteiger partial charge is 0.310 e. The van der Waals surface area contributed by atoms with Gasteiger partial charge in [0.2, 0.25) is 0 Å². The molecule has 0 saturated heterocycles. The van der Waals surface area contributed by atoms with Gasteiger partial charge in [-0.05, 0) is 85.4 Å². The topological polar surface area (TPSA) is 118 Å². The summed E-state index contributed by atoms with van der Waals surface area (Å²) in [5.41, 5.74) is -2.83. The van der Waals surface area contributed by atoms with Gasteiger partial charge >= 0.3 is 5.97 Å². The number of carboxylic acid groups (broad SMARTS) is 1. The van der Waals surface area contributed by atoms with Gasteiger partial charge in [0, 0.05) is 11.8 Å². The van der Waals surface area contributed by atoms with Crippen molar-refractivity contribution in [1.82, 2.24) is 0 Å². The molecule has 4 fully saturated rings. The average Bonchev–Trinajstić information content (AvgIpc) is 2.75. The Bertz CT molecular complexity index is 986. The van der Waals surface area contributed by atoms with Crippen molar-refractivity contribution in [2.75, 3.05) is 0 Å². The van der Waals surface area contributed by atoms with Crippen LogP contribution >= 0.6 is 0 Å². The van der Waals surface area contributed by atoms with E-state index in [1.54, 1.807) is 0 Å². The van der Waals surface area contributed by atoms with Gasteiger partial charge in [0.25, 0.3) is 0 Å². The van der Waals surface area contributed by atoms with Gasteiger partial charge in [0.1, 0.15) is 0 Å². The highest BCUT2D eigenvalue weighted by Crippen LogP contribution is 2.76. The molecule has 0 aromatic heterocycles. The Morgan fingerprint density at radius 1 is 0.944 bits per heavy atom.